The lowest BCUT2D eigenvalue weighted by atomic mass is 9.92. The predicted molar refractivity (Wildman–Crippen MR) is 50.7 cm³/mol. The Labute approximate surface area is 79.1 Å². The fraction of sp³-hybridized carbons (Fsp3) is 0.889. The molecule has 0 spiro atoms. The van der Waals surface area contributed by atoms with Crippen molar-refractivity contribution in [2.24, 2.45) is 5.41 Å². The molecule has 0 aromatic carbocycles. The second kappa shape index (κ2) is 2.96. The Kier molecular flexibility index (Phi) is 2.38. The molecule has 1 aliphatic heterocycles. The molecular formula is C9H17N2O2-. The minimum atomic E-state index is -0.533. The molecule has 0 bridgehead atoms. The van der Waals surface area contributed by atoms with Crippen LogP contribution in [0.5, 0.6) is 0 Å². The van der Waals surface area contributed by atoms with E-state index in [0.29, 0.717) is 0 Å². The minimum Gasteiger partial charge on any atom is -0.783 e. The summed E-state index contributed by atoms with van der Waals surface area (Å²) >= 11 is 0. The summed E-state index contributed by atoms with van der Waals surface area (Å²) in [6.07, 6.45) is -0.338. The quantitative estimate of drug-likeness (QED) is 0.566. The zero-order valence-electron chi connectivity index (χ0n) is 8.87. The van der Waals surface area contributed by atoms with Crippen molar-refractivity contribution >= 4 is 5.91 Å². The third-order valence-electron chi connectivity index (χ3n) is 2.47. The Morgan fingerprint density at radius 2 is 1.85 bits per heavy atom. The maximum atomic E-state index is 11.6. The van der Waals surface area contributed by atoms with Gasteiger partial charge in [0.25, 0.3) is 0 Å². The van der Waals surface area contributed by atoms with Crippen LogP contribution in [0.2, 0.25) is 0 Å². The first-order chi connectivity index (χ1) is 5.76. The Morgan fingerprint density at radius 3 is 2.00 bits per heavy atom. The Hall–Kier alpha value is -0.610. The number of carbonyl (C=O) groups is 1. The summed E-state index contributed by atoms with van der Waals surface area (Å²) in [6.45, 7) is 7.54. The number of hydrogen-bond acceptors (Lipinski definition) is 3. The number of hydroxylamine groups is 2. The van der Waals surface area contributed by atoms with E-state index in [1.165, 1.54) is 4.90 Å². The van der Waals surface area contributed by atoms with Crippen LogP contribution in [0.3, 0.4) is 0 Å². The van der Waals surface area contributed by atoms with Gasteiger partial charge in [-0.3, -0.25) is 4.79 Å². The van der Waals surface area contributed by atoms with E-state index in [2.05, 4.69) is 0 Å². The highest BCUT2D eigenvalue weighted by molar-refractivity contribution is 5.83. The lowest BCUT2D eigenvalue weighted by molar-refractivity contribution is -0.129. The van der Waals surface area contributed by atoms with E-state index in [-0.39, 0.29) is 17.5 Å². The third kappa shape index (κ3) is 1.56. The average Bonchev–Trinajstić information content (AvgIpc) is 2.14. The lowest BCUT2D eigenvalue weighted by Crippen LogP contribution is -2.45. The van der Waals surface area contributed by atoms with Gasteiger partial charge in [-0.1, -0.05) is 20.8 Å². The zero-order valence-corrected chi connectivity index (χ0v) is 8.87. The van der Waals surface area contributed by atoms with Gasteiger partial charge in [-0.15, -0.1) is 0 Å². The number of nitrogens with zero attached hydrogens (tertiary/aromatic N) is 2. The van der Waals surface area contributed by atoms with E-state index in [0.717, 1.165) is 5.06 Å². The van der Waals surface area contributed by atoms with Crippen LogP contribution in [0.4, 0.5) is 0 Å². The molecule has 1 fully saturated rings. The Balaban J connectivity index is 2.94. The summed E-state index contributed by atoms with van der Waals surface area (Å²) in [5, 5.41) is 12.5. The van der Waals surface area contributed by atoms with Gasteiger partial charge in [-0.05, 0) is 12.3 Å². The smallest absolute Gasteiger partial charge is 0.239 e. The Bertz CT molecular complexity index is 222. The molecule has 4 heteroatoms. The molecule has 0 N–H and O–H groups in total. The van der Waals surface area contributed by atoms with Crippen molar-refractivity contribution in [2.75, 3.05) is 7.05 Å². The van der Waals surface area contributed by atoms with E-state index in [1.807, 2.05) is 20.8 Å². The fourth-order valence-corrected chi connectivity index (χ4v) is 1.87. The van der Waals surface area contributed by atoms with Gasteiger partial charge in [0, 0.05) is 7.05 Å². The van der Waals surface area contributed by atoms with E-state index in [9.17, 15) is 10.0 Å². The van der Waals surface area contributed by atoms with E-state index in [4.69, 9.17) is 0 Å². The SMILES string of the molecule is CC1C(=O)N(C)[C@H](C(C)(C)C)N1[O-]. The highest BCUT2D eigenvalue weighted by Crippen LogP contribution is 2.32. The molecule has 1 saturated heterocycles. The van der Waals surface area contributed by atoms with Crippen molar-refractivity contribution in [3.8, 4) is 0 Å². The molecule has 0 aromatic rings. The molecule has 1 heterocycles. The van der Waals surface area contributed by atoms with Gasteiger partial charge < -0.3 is 15.2 Å². The number of amides is 1. The van der Waals surface area contributed by atoms with Crippen LogP contribution in [0.15, 0.2) is 0 Å². The molecule has 2 atom stereocenters. The molecule has 76 valence electrons. The van der Waals surface area contributed by atoms with Crippen LogP contribution in [0, 0.1) is 10.6 Å². The molecule has 0 saturated carbocycles. The lowest BCUT2D eigenvalue weighted by Gasteiger charge is -2.42. The molecule has 0 aliphatic carbocycles. The molecule has 1 rings (SSSR count). The first-order valence-corrected chi connectivity index (χ1v) is 4.49. The number of hydrogen-bond donors (Lipinski definition) is 0. The summed E-state index contributed by atoms with van der Waals surface area (Å²) in [5.74, 6) is -0.0880. The zero-order chi connectivity index (χ0) is 10.4. The van der Waals surface area contributed by atoms with Crippen LogP contribution >= 0.6 is 0 Å². The fourth-order valence-electron chi connectivity index (χ4n) is 1.87. The molecule has 1 amide bonds. The number of likely N-dealkylation sites (N-methyl/N-ethyl adjacent to an activating group) is 1. The number of rotatable bonds is 0. The largest absolute Gasteiger partial charge is 0.783 e. The molecule has 0 aromatic heterocycles. The molecular weight excluding hydrogens is 168 g/mol. The molecule has 1 unspecified atom stereocenters. The average molecular weight is 185 g/mol. The van der Waals surface area contributed by atoms with Gasteiger partial charge in [0.1, 0.15) is 0 Å². The van der Waals surface area contributed by atoms with Gasteiger partial charge in [-0.2, -0.15) is 0 Å². The predicted octanol–water partition coefficient (Wildman–Crippen LogP) is 1.02. The van der Waals surface area contributed by atoms with Crippen LogP contribution in [-0.2, 0) is 4.79 Å². The van der Waals surface area contributed by atoms with Crippen molar-refractivity contribution < 1.29 is 4.79 Å². The standard InChI is InChI=1S/C9H17N2O2/c1-6-7(12)10(5)8(11(6)13)9(2,3)4/h6,8H,1-5H3/q-1/t6?,8-/m0/s1. The van der Waals surface area contributed by atoms with E-state index in [1.54, 1.807) is 14.0 Å². The highest BCUT2D eigenvalue weighted by Gasteiger charge is 2.42. The van der Waals surface area contributed by atoms with Gasteiger partial charge in [-0.25, -0.2) is 0 Å². The summed E-state index contributed by atoms with van der Waals surface area (Å²) < 4.78 is 0. The maximum Gasteiger partial charge on any atom is 0.239 e. The van der Waals surface area contributed by atoms with Crippen LogP contribution in [0.1, 0.15) is 27.7 Å². The van der Waals surface area contributed by atoms with Crippen LogP contribution < -0.4 is 0 Å². The molecule has 13 heavy (non-hydrogen) atoms. The molecule has 4 nitrogen and oxygen atoms in total. The summed E-state index contributed by atoms with van der Waals surface area (Å²) in [7, 11) is 1.69. The van der Waals surface area contributed by atoms with Gasteiger partial charge in [0.05, 0.1) is 12.2 Å². The second-order valence-corrected chi connectivity index (χ2v) is 4.72. The topological polar surface area (TPSA) is 46.6 Å². The van der Waals surface area contributed by atoms with Crippen molar-refractivity contribution in [1.82, 2.24) is 9.96 Å². The second-order valence-electron chi connectivity index (χ2n) is 4.72. The molecule has 1 aliphatic rings. The van der Waals surface area contributed by atoms with Gasteiger partial charge in [0.2, 0.25) is 5.91 Å². The van der Waals surface area contributed by atoms with Crippen molar-refractivity contribution in [3.05, 3.63) is 5.21 Å². The third-order valence-corrected chi connectivity index (χ3v) is 2.47. The number of carbonyl (C=O) groups excluding carboxylic acids is 1. The van der Waals surface area contributed by atoms with Gasteiger partial charge >= 0.3 is 0 Å². The monoisotopic (exact) mass is 185 g/mol. The van der Waals surface area contributed by atoms with Crippen molar-refractivity contribution in [3.63, 3.8) is 0 Å². The Morgan fingerprint density at radius 1 is 1.38 bits per heavy atom. The first-order valence-electron chi connectivity index (χ1n) is 4.49. The van der Waals surface area contributed by atoms with Crippen LogP contribution in [0.25, 0.3) is 0 Å². The normalized spacial score (nSPS) is 31.5. The summed E-state index contributed by atoms with van der Waals surface area (Å²) in [6, 6.07) is -0.533. The summed E-state index contributed by atoms with van der Waals surface area (Å²) in [4.78, 5) is 13.0. The molecule has 0 radical (unpaired) electrons. The maximum absolute atomic E-state index is 11.6. The van der Waals surface area contributed by atoms with Crippen molar-refractivity contribution in [2.45, 2.75) is 39.9 Å². The van der Waals surface area contributed by atoms with E-state index >= 15 is 0 Å². The first kappa shape index (κ1) is 10.5. The summed E-state index contributed by atoms with van der Waals surface area (Å²) in [5.41, 5.74) is -0.198. The van der Waals surface area contributed by atoms with Crippen LogP contribution in [-0.4, -0.2) is 35.1 Å². The highest BCUT2D eigenvalue weighted by atomic mass is 16.5. The van der Waals surface area contributed by atoms with Crippen molar-refractivity contribution in [1.29, 1.82) is 0 Å². The minimum absolute atomic E-state index is 0.0880. The van der Waals surface area contributed by atoms with Gasteiger partial charge in [0.15, 0.2) is 0 Å². The van der Waals surface area contributed by atoms with E-state index < -0.39 is 6.04 Å².